The predicted molar refractivity (Wildman–Crippen MR) is 42.1 cm³/mol. The minimum absolute atomic E-state index is 0.0347. The van der Waals surface area contributed by atoms with Crippen molar-refractivity contribution in [1.82, 2.24) is 0 Å². The molecule has 0 aliphatic heterocycles. The molecule has 0 spiro atoms. The number of carbonyl (C=O) groups is 1. The van der Waals surface area contributed by atoms with E-state index in [1.54, 1.807) is 6.08 Å². The molecule has 0 bridgehead atoms. The molecule has 1 N–H and O–H groups in total. The zero-order valence-corrected chi connectivity index (χ0v) is 6.96. The second-order valence-electron chi connectivity index (χ2n) is 2.31. The first-order valence-electron chi connectivity index (χ1n) is 3.54. The number of ether oxygens (including phenoxy) is 1. The van der Waals surface area contributed by atoms with Crippen LogP contribution in [0.4, 0.5) is 0 Å². The molecule has 11 heavy (non-hydrogen) atoms. The number of esters is 1. The van der Waals surface area contributed by atoms with E-state index in [4.69, 9.17) is 5.11 Å². The van der Waals surface area contributed by atoms with E-state index in [1.807, 2.05) is 6.92 Å². The SMILES string of the molecule is COC(=O)CC/C(C)=C\CO. The summed E-state index contributed by atoms with van der Waals surface area (Å²) in [6.07, 6.45) is 2.73. The Labute approximate surface area is 66.7 Å². The van der Waals surface area contributed by atoms with Gasteiger partial charge in [-0.3, -0.25) is 4.79 Å². The van der Waals surface area contributed by atoms with Gasteiger partial charge < -0.3 is 9.84 Å². The van der Waals surface area contributed by atoms with Crippen molar-refractivity contribution in [3.63, 3.8) is 0 Å². The van der Waals surface area contributed by atoms with E-state index in [2.05, 4.69) is 4.74 Å². The summed E-state index contributed by atoms with van der Waals surface area (Å²) in [5, 5.41) is 8.47. The van der Waals surface area contributed by atoms with Crippen molar-refractivity contribution >= 4 is 5.97 Å². The number of aliphatic hydroxyl groups excluding tert-OH is 1. The highest BCUT2D eigenvalue weighted by Crippen LogP contribution is 2.03. The van der Waals surface area contributed by atoms with Gasteiger partial charge in [0, 0.05) is 6.42 Å². The molecule has 0 radical (unpaired) electrons. The van der Waals surface area contributed by atoms with Crippen LogP contribution >= 0.6 is 0 Å². The van der Waals surface area contributed by atoms with E-state index in [0.29, 0.717) is 12.8 Å². The van der Waals surface area contributed by atoms with E-state index >= 15 is 0 Å². The van der Waals surface area contributed by atoms with E-state index in [1.165, 1.54) is 7.11 Å². The van der Waals surface area contributed by atoms with Gasteiger partial charge in [0.2, 0.25) is 0 Å². The largest absolute Gasteiger partial charge is 0.469 e. The lowest BCUT2D eigenvalue weighted by molar-refractivity contribution is -0.140. The molecule has 0 aliphatic rings. The van der Waals surface area contributed by atoms with Crippen molar-refractivity contribution in [1.29, 1.82) is 0 Å². The molecule has 64 valence electrons. The predicted octanol–water partition coefficient (Wildman–Crippen LogP) is 0.878. The second kappa shape index (κ2) is 5.92. The average molecular weight is 158 g/mol. The molecule has 0 rings (SSSR count). The molecular formula is C8H14O3. The van der Waals surface area contributed by atoms with Gasteiger partial charge in [0.15, 0.2) is 0 Å². The number of aliphatic hydroxyl groups is 1. The Kier molecular flexibility index (Phi) is 5.47. The quantitative estimate of drug-likeness (QED) is 0.488. The highest BCUT2D eigenvalue weighted by molar-refractivity contribution is 5.69. The third-order valence-corrected chi connectivity index (χ3v) is 1.39. The minimum atomic E-state index is -0.212. The zero-order valence-electron chi connectivity index (χ0n) is 6.96. The molecule has 0 saturated heterocycles. The Hall–Kier alpha value is -0.830. The summed E-state index contributed by atoms with van der Waals surface area (Å²) in [5.41, 5.74) is 1.01. The summed E-state index contributed by atoms with van der Waals surface area (Å²) in [6.45, 7) is 1.91. The maximum absolute atomic E-state index is 10.6. The van der Waals surface area contributed by atoms with Crippen LogP contribution in [0.5, 0.6) is 0 Å². The Morgan fingerprint density at radius 3 is 2.64 bits per heavy atom. The molecule has 0 fully saturated rings. The van der Waals surface area contributed by atoms with Gasteiger partial charge in [-0.15, -0.1) is 0 Å². The fourth-order valence-electron chi connectivity index (χ4n) is 0.659. The number of hydrogen-bond donors (Lipinski definition) is 1. The van der Waals surface area contributed by atoms with Gasteiger partial charge in [-0.05, 0) is 13.3 Å². The van der Waals surface area contributed by atoms with Crippen molar-refractivity contribution in [3.05, 3.63) is 11.6 Å². The number of hydrogen-bond acceptors (Lipinski definition) is 3. The lowest BCUT2D eigenvalue weighted by atomic mass is 10.1. The number of rotatable bonds is 4. The molecule has 0 atom stereocenters. The third kappa shape index (κ3) is 5.61. The molecule has 0 amide bonds. The summed E-state index contributed by atoms with van der Waals surface area (Å²) < 4.78 is 4.45. The van der Waals surface area contributed by atoms with Crippen LogP contribution in [0.3, 0.4) is 0 Å². The fourth-order valence-corrected chi connectivity index (χ4v) is 0.659. The molecule has 0 aromatic rings. The van der Waals surface area contributed by atoms with Crippen LogP contribution in [-0.4, -0.2) is 24.8 Å². The molecule has 0 aromatic heterocycles. The van der Waals surface area contributed by atoms with Crippen LogP contribution in [0.1, 0.15) is 19.8 Å². The van der Waals surface area contributed by atoms with Crippen molar-refractivity contribution in [2.45, 2.75) is 19.8 Å². The lowest BCUT2D eigenvalue weighted by Crippen LogP contribution is -1.99. The Morgan fingerprint density at radius 2 is 2.18 bits per heavy atom. The van der Waals surface area contributed by atoms with Crippen molar-refractivity contribution < 1.29 is 14.6 Å². The fraction of sp³-hybridized carbons (Fsp3) is 0.625. The van der Waals surface area contributed by atoms with Gasteiger partial charge in [-0.1, -0.05) is 11.6 Å². The third-order valence-electron chi connectivity index (χ3n) is 1.39. The highest BCUT2D eigenvalue weighted by atomic mass is 16.5. The lowest BCUT2D eigenvalue weighted by Gasteiger charge is -1.98. The Balaban J connectivity index is 3.53. The summed E-state index contributed by atoms with van der Waals surface area (Å²) in [7, 11) is 1.37. The first kappa shape index (κ1) is 10.2. The first-order valence-corrected chi connectivity index (χ1v) is 3.54. The van der Waals surface area contributed by atoms with Gasteiger partial charge in [0.25, 0.3) is 0 Å². The van der Waals surface area contributed by atoms with Crippen LogP contribution in [-0.2, 0) is 9.53 Å². The van der Waals surface area contributed by atoms with Crippen molar-refractivity contribution in [2.75, 3.05) is 13.7 Å². The summed E-state index contributed by atoms with van der Waals surface area (Å²) in [5.74, 6) is -0.212. The smallest absolute Gasteiger partial charge is 0.305 e. The number of carbonyl (C=O) groups excluding carboxylic acids is 1. The maximum atomic E-state index is 10.6. The van der Waals surface area contributed by atoms with E-state index < -0.39 is 0 Å². The Bertz CT molecular complexity index is 149. The topological polar surface area (TPSA) is 46.5 Å². The minimum Gasteiger partial charge on any atom is -0.469 e. The van der Waals surface area contributed by atoms with Crippen LogP contribution in [0.25, 0.3) is 0 Å². The van der Waals surface area contributed by atoms with Crippen LogP contribution < -0.4 is 0 Å². The highest BCUT2D eigenvalue weighted by Gasteiger charge is 1.99. The van der Waals surface area contributed by atoms with Crippen LogP contribution in [0.15, 0.2) is 11.6 Å². The summed E-state index contributed by atoms with van der Waals surface area (Å²) >= 11 is 0. The van der Waals surface area contributed by atoms with Crippen LogP contribution in [0.2, 0.25) is 0 Å². The molecule has 0 unspecified atom stereocenters. The standard InChI is InChI=1S/C8H14O3/c1-7(5-6-9)3-4-8(10)11-2/h5,9H,3-4,6H2,1-2H3/b7-5-. The van der Waals surface area contributed by atoms with E-state index in [0.717, 1.165) is 5.57 Å². The van der Waals surface area contributed by atoms with Gasteiger partial charge in [-0.2, -0.15) is 0 Å². The van der Waals surface area contributed by atoms with E-state index in [-0.39, 0.29) is 12.6 Å². The summed E-state index contributed by atoms with van der Waals surface area (Å²) in [4.78, 5) is 10.6. The van der Waals surface area contributed by atoms with Gasteiger partial charge in [0.1, 0.15) is 0 Å². The molecular weight excluding hydrogens is 144 g/mol. The monoisotopic (exact) mass is 158 g/mol. The molecule has 0 aromatic carbocycles. The number of methoxy groups -OCH3 is 1. The van der Waals surface area contributed by atoms with E-state index in [9.17, 15) is 4.79 Å². The maximum Gasteiger partial charge on any atom is 0.305 e. The average Bonchev–Trinajstić information content (AvgIpc) is 2.01. The zero-order chi connectivity index (χ0) is 8.69. The Morgan fingerprint density at radius 1 is 1.55 bits per heavy atom. The van der Waals surface area contributed by atoms with Gasteiger partial charge in [0.05, 0.1) is 13.7 Å². The van der Waals surface area contributed by atoms with Gasteiger partial charge in [-0.25, -0.2) is 0 Å². The molecule has 0 aliphatic carbocycles. The molecule has 0 saturated carbocycles. The molecule has 3 nitrogen and oxygen atoms in total. The van der Waals surface area contributed by atoms with Gasteiger partial charge >= 0.3 is 5.97 Å². The van der Waals surface area contributed by atoms with Crippen LogP contribution in [0, 0.1) is 0 Å². The second-order valence-corrected chi connectivity index (χ2v) is 2.31. The number of allylic oxidation sites excluding steroid dienone is 1. The van der Waals surface area contributed by atoms with Crippen molar-refractivity contribution in [2.24, 2.45) is 0 Å². The first-order chi connectivity index (χ1) is 5.20. The normalized spacial score (nSPS) is 11.4. The summed E-state index contributed by atoms with van der Waals surface area (Å²) in [6, 6.07) is 0. The van der Waals surface area contributed by atoms with Crippen molar-refractivity contribution in [3.8, 4) is 0 Å². The molecule has 0 heterocycles. The molecule has 3 heteroatoms.